The second-order valence-corrected chi connectivity index (χ2v) is 5.50. The van der Waals surface area contributed by atoms with E-state index in [9.17, 15) is 14.4 Å². The largest absolute Gasteiger partial charge is 0.451 e. The van der Waals surface area contributed by atoms with Crippen molar-refractivity contribution in [2.75, 3.05) is 4.90 Å². The molecule has 0 spiro atoms. The van der Waals surface area contributed by atoms with Crippen molar-refractivity contribution in [1.82, 2.24) is 5.32 Å². The highest BCUT2D eigenvalue weighted by atomic mass is 127. The molecule has 3 rings (SSSR count). The number of furan rings is 1. The Hall–Kier alpha value is -2.42. The number of carbonyl (C=O) groups excluding carboxylic acids is 3. The molecule has 1 aliphatic heterocycles. The van der Waals surface area contributed by atoms with Gasteiger partial charge in [-0.3, -0.25) is 14.9 Å². The van der Waals surface area contributed by atoms with Gasteiger partial charge in [0.1, 0.15) is 11.3 Å². The van der Waals surface area contributed by atoms with Gasteiger partial charge in [0, 0.05) is 0 Å². The number of amides is 4. The van der Waals surface area contributed by atoms with Gasteiger partial charge in [0.05, 0.1) is 5.69 Å². The summed E-state index contributed by atoms with van der Waals surface area (Å²) in [5.74, 6) is -1.06. The van der Waals surface area contributed by atoms with E-state index in [1.165, 1.54) is 6.08 Å². The van der Waals surface area contributed by atoms with E-state index < -0.39 is 17.8 Å². The number of nitrogens with one attached hydrogen (secondary N) is 1. The molecule has 0 aliphatic carbocycles. The molecule has 0 unspecified atom stereocenters. The van der Waals surface area contributed by atoms with E-state index in [-0.39, 0.29) is 5.57 Å². The molecule has 6 nitrogen and oxygen atoms in total. The van der Waals surface area contributed by atoms with E-state index in [1.54, 1.807) is 42.5 Å². The molecule has 2 heterocycles. The van der Waals surface area contributed by atoms with Gasteiger partial charge in [0.15, 0.2) is 3.77 Å². The van der Waals surface area contributed by atoms with Crippen molar-refractivity contribution in [3.05, 3.63) is 57.6 Å². The lowest BCUT2D eigenvalue weighted by Gasteiger charge is -2.26. The summed E-state index contributed by atoms with van der Waals surface area (Å²) in [6.07, 6.45) is 1.32. The highest BCUT2D eigenvalue weighted by molar-refractivity contribution is 14.1. The molecule has 0 bridgehead atoms. The Bertz CT molecular complexity index is 795. The number of benzene rings is 1. The first-order valence-corrected chi connectivity index (χ1v) is 7.36. The third-order valence-electron chi connectivity index (χ3n) is 3.00. The van der Waals surface area contributed by atoms with Crippen LogP contribution in [-0.4, -0.2) is 17.8 Å². The fourth-order valence-electron chi connectivity index (χ4n) is 2.02. The maximum atomic E-state index is 12.5. The summed E-state index contributed by atoms with van der Waals surface area (Å²) in [7, 11) is 0. The maximum absolute atomic E-state index is 12.5. The molecule has 0 radical (unpaired) electrons. The van der Waals surface area contributed by atoms with Gasteiger partial charge in [-0.2, -0.15) is 0 Å². The summed E-state index contributed by atoms with van der Waals surface area (Å²) in [5.41, 5.74) is 0.228. The molecule has 0 atom stereocenters. The van der Waals surface area contributed by atoms with Crippen LogP contribution in [0.2, 0.25) is 0 Å². The number of hydrogen-bond donors (Lipinski definition) is 1. The fourth-order valence-corrected chi connectivity index (χ4v) is 2.45. The van der Waals surface area contributed by atoms with Gasteiger partial charge < -0.3 is 4.42 Å². The minimum Gasteiger partial charge on any atom is -0.451 e. The van der Waals surface area contributed by atoms with Crippen LogP contribution in [0, 0.1) is 3.77 Å². The number of rotatable bonds is 2. The van der Waals surface area contributed by atoms with E-state index >= 15 is 0 Å². The molecule has 110 valence electrons. The van der Waals surface area contributed by atoms with Gasteiger partial charge in [-0.1, -0.05) is 18.2 Å². The maximum Gasteiger partial charge on any atom is 0.335 e. The van der Waals surface area contributed by atoms with Gasteiger partial charge in [0.25, 0.3) is 11.8 Å². The molecule has 1 aromatic carbocycles. The second kappa shape index (κ2) is 5.76. The number of barbiturate groups is 1. The Morgan fingerprint density at radius 2 is 1.77 bits per heavy atom. The first kappa shape index (κ1) is 14.5. The quantitative estimate of drug-likeness (QED) is 0.471. The lowest BCUT2D eigenvalue weighted by atomic mass is 10.1. The number of anilines is 1. The summed E-state index contributed by atoms with van der Waals surface area (Å²) in [4.78, 5) is 37.3. The standard InChI is InChI=1S/C15H9IN2O4/c16-12-7-6-10(22-12)8-11-13(19)17-15(21)18(14(11)20)9-4-2-1-3-5-9/h1-8H,(H,17,19,21)/b11-8+. The van der Waals surface area contributed by atoms with Crippen LogP contribution in [0.5, 0.6) is 0 Å². The Balaban J connectivity index is 2.01. The van der Waals surface area contributed by atoms with Crippen LogP contribution in [0.15, 0.2) is 52.5 Å². The van der Waals surface area contributed by atoms with Crippen molar-refractivity contribution < 1.29 is 18.8 Å². The van der Waals surface area contributed by atoms with E-state index in [0.29, 0.717) is 15.2 Å². The van der Waals surface area contributed by atoms with E-state index in [4.69, 9.17) is 4.42 Å². The molecule has 1 fully saturated rings. The van der Waals surface area contributed by atoms with Crippen LogP contribution in [0.1, 0.15) is 5.76 Å². The first-order valence-electron chi connectivity index (χ1n) is 6.28. The molecule has 22 heavy (non-hydrogen) atoms. The molecule has 2 aromatic rings. The van der Waals surface area contributed by atoms with E-state index in [0.717, 1.165) is 4.90 Å². The van der Waals surface area contributed by atoms with E-state index in [1.807, 2.05) is 22.6 Å². The first-order chi connectivity index (χ1) is 10.6. The number of para-hydroxylation sites is 1. The van der Waals surface area contributed by atoms with Gasteiger partial charge in [-0.25, -0.2) is 9.69 Å². The lowest BCUT2D eigenvalue weighted by molar-refractivity contribution is -0.122. The molecule has 1 aromatic heterocycles. The summed E-state index contributed by atoms with van der Waals surface area (Å²) in [5, 5.41) is 2.15. The zero-order valence-corrected chi connectivity index (χ0v) is 13.2. The number of urea groups is 1. The van der Waals surface area contributed by atoms with Crippen molar-refractivity contribution in [2.45, 2.75) is 0 Å². The number of nitrogens with zero attached hydrogens (tertiary/aromatic N) is 1. The molecule has 4 amide bonds. The summed E-state index contributed by atoms with van der Waals surface area (Å²) < 4.78 is 5.95. The highest BCUT2D eigenvalue weighted by Gasteiger charge is 2.36. The van der Waals surface area contributed by atoms with Crippen LogP contribution in [0.3, 0.4) is 0 Å². The Labute approximate surface area is 138 Å². The normalized spacial score (nSPS) is 17.0. The van der Waals surface area contributed by atoms with Crippen LogP contribution in [0.4, 0.5) is 10.5 Å². The van der Waals surface area contributed by atoms with Crippen LogP contribution in [0.25, 0.3) is 6.08 Å². The zero-order valence-electron chi connectivity index (χ0n) is 11.1. The monoisotopic (exact) mass is 408 g/mol. The van der Waals surface area contributed by atoms with Crippen molar-refractivity contribution in [2.24, 2.45) is 0 Å². The molecule has 1 aliphatic rings. The average Bonchev–Trinajstić information content (AvgIpc) is 2.90. The third kappa shape index (κ3) is 2.67. The molecular weight excluding hydrogens is 399 g/mol. The summed E-state index contributed by atoms with van der Waals surface area (Å²) in [6, 6.07) is 11.0. The third-order valence-corrected chi connectivity index (χ3v) is 3.58. The van der Waals surface area contributed by atoms with Gasteiger partial charge in [0.2, 0.25) is 0 Å². The van der Waals surface area contributed by atoms with Gasteiger partial charge >= 0.3 is 6.03 Å². The number of hydrogen-bond acceptors (Lipinski definition) is 4. The summed E-state index contributed by atoms with van der Waals surface area (Å²) >= 11 is 1.98. The number of imide groups is 2. The number of halogens is 1. The number of carbonyl (C=O) groups is 3. The smallest absolute Gasteiger partial charge is 0.335 e. The van der Waals surface area contributed by atoms with E-state index in [2.05, 4.69) is 5.32 Å². The van der Waals surface area contributed by atoms with Crippen molar-refractivity contribution in [1.29, 1.82) is 0 Å². The van der Waals surface area contributed by atoms with Gasteiger partial charge in [-0.05, 0) is 52.9 Å². The molecule has 1 N–H and O–H groups in total. The minimum atomic E-state index is -0.771. The molecule has 1 saturated heterocycles. The Kier molecular flexibility index (Phi) is 3.80. The molecular formula is C15H9IN2O4. The minimum absolute atomic E-state index is 0.158. The van der Waals surface area contributed by atoms with Crippen LogP contribution >= 0.6 is 22.6 Å². The summed E-state index contributed by atoms with van der Waals surface area (Å²) in [6.45, 7) is 0. The fraction of sp³-hybridized carbons (Fsp3) is 0. The second-order valence-electron chi connectivity index (χ2n) is 4.44. The lowest BCUT2D eigenvalue weighted by Crippen LogP contribution is -2.54. The van der Waals surface area contributed by atoms with Crippen molar-refractivity contribution >= 4 is 52.2 Å². The Morgan fingerprint density at radius 1 is 1.05 bits per heavy atom. The SMILES string of the molecule is O=C1NC(=O)N(c2ccccc2)C(=O)/C1=C/c1ccc(I)o1. The molecule has 7 heteroatoms. The topological polar surface area (TPSA) is 79.6 Å². The van der Waals surface area contributed by atoms with Crippen LogP contribution in [-0.2, 0) is 9.59 Å². The predicted molar refractivity (Wildman–Crippen MR) is 86.9 cm³/mol. The van der Waals surface area contributed by atoms with Gasteiger partial charge in [-0.15, -0.1) is 0 Å². The zero-order chi connectivity index (χ0) is 15.7. The predicted octanol–water partition coefficient (Wildman–Crippen LogP) is 2.55. The average molecular weight is 408 g/mol. The molecule has 0 saturated carbocycles. The Morgan fingerprint density at radius 3 is 2.41 bits per heavy atom. The van der Waals surface area contributed by atoms with Crippen molar-refractivity contribution in [3.8, 4) is 0 Å². The van der Waals surface area contributed by atoms with Crippen LogP contribution < -0.4 is 10.2 Å². The highest BCUT2D eigenvalue weighted by Crippen LogP contribution is 2.22. The van der Waals surface area contributed by atoms with Crippen molar-refractivity contribution in [3.63, 3.8) is 0 Å².